The molecule has 1 aromatic carbocycles. The van der Waals surface area contributed by atoms with E-state index in [1.54, 1.807) is 6.33 Å². The topological polar surface area (TPSA) is 72.7 Å². The Hall–Kier alpha value is -2.91. The Morgan fingerprint density at radius 1 is 1.08 bits per heavy atom. The van der Waals surface area contributed by atoms with E-state index in [0.29, 0.717) is 19.3 Å². The minimum Gasteiger partial charge on any atom is -0.445 e. The van der Waals surface area contributed by atoms with Crippen LogP contribution in [0.15, 0.2) is 48.9 Å². The predicted octanol–water partition coefficient (Wildman–Crippen LogP) is 5.37. The number of likely N-dealkylation sites (tertiary alicyclic amines) is 1. The van der Waals surface area contributed by atoms with Gasteiger partial charge in [0.05, 0.1) is 17.5 Å². The van der Waals surface area contributed by atoms with E-state index < -0.39 is 8.07 Å². The number of ether oxygens (including phenoxy) is 2. The summed E-state index contributed by atoms with van der Waals surface area (Å²) in [5, 5.41) is 1.04. The van der Waals surface area contributed by atoms with E-state index in [1.807, 2.05) is 41.4 Å². The average molecular weight is 522 g/mol. The van der Waals surface area contributed by atoms with E-state index in [0.717, 1.165) is 61.0 Å². The van der Waals surface area contributed by atoms with Crippen LogP contribution in [0, 0.1) is 5.92 Å². The number of aromatic nitrogens is 3. The van der Waals surface area contributed by atoms with Gasteiger partial charge in [-0.2, -0.15) is 0 Å². The van der Waals surface area contributed by atoms with E-state index in [1.165, 1.54) is 0 Å². The Morgan fingerprint density at radius 2 is 1.89 bits per heavy atom. The number of amides is 1. The van der Waals surface area contributed by atoms with Crippen molar-refractivity contribution in [3.63, 3.8) is 0 Å². The molecule has 4 heterocycles. The van der Waals surface area contributed by atoms with Crippen LogP contribution in [-0.4, -0.2) is 65.4 Å². The molecule has 2 aromatic heterocycles. The molecule has 198 valence electrons. The second kappa shape index (κ2) is 10.8. The molecule has 2 saturated heterocycles. The fraction of sp³-hybridized carbons (Fsp3) is 0.536. The Balaban J connectivity index is 1.30. The van der Waals surface area contributed by atoms with Crippen molar-refractivity contribution in [2.24, 2.45) is 5.92 Å². The number of carbonyl (C=O) groups is 1. The van der Waals surface area contributed by atoms with E-state index in [-0.39, 0.29) is 18.2 Å². The smallest absolute Gasteiger partial charge is 0.410 e. The maximum Gasteiger partial charge on any atom is 0.410 e. The number of benzene rings is 1. The summed E-state index contributed by atoms with van der Waals surface area (Å²) in [5.74, 6) is 1.40. The highest BCUT2D eigenvalue weighted by molar-refractivity contribution is 6.76. The molecule has 5 rings (SSSR count). The molecule has 2 fully saturated rings. The quantitative estimate of drug-likeness (QED) is 0.293. The second-order valence-electron chi connectivity index (χ2n) is 11.6. The van der Waals surface area contributed by atoms with E-state index in [4.69, 9.17) is 14.5 Å². The van der Waals surface area contributed by atoms with Gasteiger partial charge in [-0.25, -0.2) is 14.8 Å². The van der Waals surface area contributed by atoms with Crippen molar-refractivity contribution >= 4 is 31.0 Å². The third kappa shape index (κ3) is 5.67. The van der Waals surface area contributed by atoms with Gasteiger partial charge in [0.1, 0.15) is 31.1 Å². The molecule has 9 heteroatoms. The highest BCUT2D eigenvalue weighted by Gasteiger charge is 2.46. The fourth-order valence-electron chi connectivity index (χ4n) is 5.65. The van der Waals surface area contributed by atoms with Gasteiger partial charge in [0, 0.05) is 34.0 Å². The minimum absolute atomic E-state index is 0.115. The van der Waals surface area contributed by atoms with Crippen LogP contribution in [0.2, 0.25) is 25.7 Å². The van der Waals surface area contributed by atoms with Crippen molar-refractivity contribution in [3.8, 4) is 0 Å². The van der Waals surface area contributed by atoms with Gasteiger partial charge in [-0.05, 0) is 36.4 Å². The summed E-state index contributed by atoms with van der Waals surface area (Å²) < 4.78 is 13.8. The van der Waals surface area contributed by atoms with Crippen molar-refractivity contribution in [2.45, 2.75) is 70.9 Å². The Kier molecular flexibility index (Phi) is 7.53. The van der Waals surface area contributed by atoms with Crippen LogP contribution >= 0.6 is 0 Å². The van der Waals surface area contributed by atoms with Crippen LogP contribution in [0.3, 0.4) is 0 Å². The lowest BCUT2D eigenvalue weighted by Gasteiger charge is -2.43. The molecule has 0 radical (unpaired) electrons. The maximum absolute atomic E-state index is 13.1. The summed E-state index contributed by atoms with van der Waals surface area (Å²) in [7, 11) is -1.12. The summed E-state index contributed by atoms with van der Waals surface area (Å²) in [4.78, 5) is 26.8. The lowest BCUT2D eigenvalue weighted by molar-refractivity contribution is 0.0571. The molecule has 2 aliphatic heterocycles. The third-order valence-corrected chi connectivity index (χ3v) is 9.41. The zero-order chi connectivity index (χ0) is 26.0. The molecule has 0 spiro atoms. The number of hydrogen-bond acceptors (Lipinski definition) is 6. The van der Waals surface area contributed by atoms with Crippen LogP contribution in [0.5, 0.6) is 0 Å². The van der Waals surface area contributed by atoms with Crippen LogP contribution in [0.4, 0.5) is 10.6 Å². The third-order valence-electron chi connectivity index (χ3n) is 7.70. The SMILES string of the molecule is CC1CCN(C(=O)OCc2ccccc2)C2CCN(c3ncnc4c3ccn4COCC[Si](C)(C)C)C12. The monoisotopic (exact) mass is 521 g/mol. The molecule has 0 bridgehead atoms. The summed E-state index contributed by atoms with van der Waals surface area (Å²) in [6.07, 6.45) is 5.33. The van der Waals surface area contributed by atoms with Gasteiger partial charge in [0.25, 0.3) is 0 Å². The first-order valence-electron chi connectivity index (χ1n) is 13.4. The van der Waals surface area contributed by atoms with Gasteiger partial charge < -0.3 is 23.8 Å². The molecule has 2 aliphatic rings. The van der Waals surface area contributed by atoms with Crippen LogP contribution < -0.4 is 4.90 Å². The van der Waals surface area contributed by atoms with Gasteiger partial charge >= 0.3 is 6.09 Å². The number of piperidine rings is 1. The predicted molar refractivity (Wildman–Crippen MR) is 148 cm³/mol. The number of anilines is 1. The first-order valence-corrected chi connectivity index (χ1v) is 17.1. The summed E-state index contributed by atoms with van der Waals surface area (Å²) in [6.45, 7) is 12.5. The zero-order valence-electron chi connectivity index (χ0n) is 22.5. The molecule has 37 heavy (non-hydrogen) atoms. The van der Waals surface area contributed by atoms with Crippen LogP contribution in [0.25, 0.3) is 11.0 Å². The lowest BCUT2D eigenvalue weighted by Crippen LogP contribution is -2.55. The second-order valence-corrected chi connectivity index (χ2v) is 17.2. The molecule has 0 saturated carbocycles. The lowest BCUT2D eigenvalue weighted by atomic mass is 9.87. The molecule has 3 atom stereocenters. The Bertz CT molecular complexity index is 1210. The van der Waals surface area contributed by atoms with Crippen molar-refractivity contribution in [2.75, 3.05) is 24.6 Å². The number of rotatable bonds is 8. The zero-order valence-corrected chi connectivity index (χ0v) is 23.5. The standard InChI is InChI=1S/C28H39N5O3Si/c1-21-10-14-32(28(34)36-18-22-8-6-5-7-9-22)24-12-15-33(25(21)24)27-23-11-13-31(26(23)29-19-30-27)20-35-16-17-37(2,3)4/h5-9,11,13,19,21,24-25H,10,12,14-18,20H2,1-4H3. The van der Waals surface area contributed by atoms with E-state index >= 15 is 0 Å². The number of fused-ring (bicyclic) bond motifs is 2. The van der Waals surface area contributed by atoms with Gasteiger partial charge in [-0.3, -0.25) is 0 Å². The van der Waals surface area contributed by atoms with Gasteiger partial charge in [-0.15, -0.1) is 0 Å². The largest absolute Gasteiger partial charge is 0.445 e. The maximum atomic E-state index is 13.1. The summed E-state index contributed by atoms with van der Waals surface area (Å²) in [6, 6.07) is 13.4. The van der Waals surface area contributed by atoms with Crippen molar-refractivity contribution in [3.05, 3.63) is 54.5 Å². The molecule has 3 aromatic rings. The number of hydrogen-bond donors (Lipinski definition) is 0. The summed E-state index contributed by atoms with van der Waals surface area (Å²) >= 11 is 0. The Labute approximate surface area is 220 Å². The normalized spacial score (nSPS) is 21.9. The van der Waals surface area contributed by atoms with Crippen molar-refractivity contribution in [1.82, 2.24) is 19.4 Å². The molecular weight excluding hydrogens is 482 g/mol. The Morgan fingerprint density at radius 3 is 2.68 bits per heavy atom. The van der Waals surface area contributed by atoms with E-state index in [2.05, 4.69) is 47.1 Å². The van der Waals surface area contributed by atoms with Gasteiger partial charge in [0.15, 0.2) is 0 Å². The van der Waals surface area contributed by atoms with Crippen molar-refractivity contribution < 1.29 is 14.3 Å². The molecule has 0 N–H and O–H groups in total. The minimum atomic E-state index is -1.12. The van der Waals surface area contributed by atoms with Gasteiger partial charge in [-0.1, -0.05) is 56.9 Å². The van der Waals surface area contributed by atoms with E-state index in [9.17, 15) is 4.79 Å². The molecule has 1 amide bonds. The van der Waals surface area contributed by atoms with Gasteiger partial charge in [0.2, 0.25) is 0 Å². The van der Waals surface area contributed by atoms with Crippen LogP contribution in [-0.2, 0) is 22.8 Å². The van der Waals surface area contributed by atoms with Crippen molar-refractivity contribution in [1.29, 1.82) is 0 Å². The fourth-order valence-corrected chi connectivity index (χ4v) is 6.40. The highest BCUT2D eigenvalue weighted by atomic mass is 28.3. The molecular formula is C28H39N5O3Si. The number of nitrogens with zero attached hydrogens (tertiary/aromatic N) is 5. The number of carbonyl (C=O) groups excluding carboxylic acids is 1. The van der Waals surface area contributed by atoms with Crippen LogP contribution in [0.1, 0.15) is 25.3 Å². The highest BCUT2D eigenvalue weighted by Crippen LogP contribution is 2.39. The molecule has 8 nitrogen and oxygen atoms in total. The summed E-state index contributed by atoms with van der Waals surface area (Å²) in [5.41, 5.74) is 1.90. The average Bonchev–Trinajstić information content (AvgIpc) is 3.51. The molecule has 3 unspecified atom stereocenters. The first-order chi connectivity index (χ1) is 17.8. The molecule has 0 aliphatic carbocycles. The first kappa shape index (κ1) is 25.7.